The molecule has 5 N–H and O–H groups in total. The van der Waals surface area contributed by atoms with Crippen LogP contribution in [-0.2, 0) is 0 Å². The summed E-state index contributed by atoms with van der Waals surface area (Å²) in [6, 6.07) is 16.3. The minimum absolute atomic E-state index is 0.303. The van der Waals surface area contributed by atoms with Crippen molar-refractivity contribution in [3.05, 3.63) is 77.6 Å². The summed E-state index contributed by atoms with van der Waals surface area (Å²) in [7, 11) is 0. The van der Waals surface area contributed by atoms with Gasteiger partial charge in [0.1, 0.15) is 5.69 Å². The maximum absolute atomic E-state index is 12.3. The predicted octanol–water partition coefficient (Wildman–Crippen LogP) is 4.59. The predicted molar refractivity (Wildman–Crippen MR) is 119 cm³/mol. The van der Waals surface area contributed by atoms with Gasteiger partial charge in [0.25, 0.3) is 5.91 Å². The number of carbonyl (C=O) groups is 2. The Kier molecular flexibility index (Phi) is 4.93. The third kappa shape index (κ3) is 3.86. The Labute approximate surface area is 173 Å². The van der Waals surface area contributed by atoms with E-state index < -0.39 is 5.91 Å². The van der Waals surface area contributed by atoms with E-state index in [9.17, 15) is 9.59 Å². The van der Waals surface area contributed by atoms with Gasteiger partial charge in [-0.15, -0.1) is 0 Å². The summed E-state index contributed by atoms with van der Waals surface area (Å²) in [5, 5.41) is 5.65. The molecule has 0 spiro atoms. The molecule has 0 aliphatic rings. The van der Waals surface area contributed by atoms with Gasteiger partial charge in [-0.05, 0) is 66.9 Å². The van der Waals surface area contributed by atoms with Crippen LogP contribution < -0.4 is 16.4 Å². The normalized spacial score (nSPS) is 10.7. The number of primary amides is 1. The third-order valence-corrected chi connectivity index (χ3v) is 4.71. The van der Waals surface area contributed by atoms with E-state index in [0.29, 0.717) is 22.5 Å². The lowest BCUT2D eigenvalue weighted by Crippen LogP contribution is -2.19. The second kappa shape index (κ2) is 7.71. The molecule has 3 amide bonds. The summed E-state index contributed by atoms with van der Waals surface area (Å²) >= 11 is 0. The van der Waals surface area contributed by atoms with Gasteiger partial charge in [-0.3, -0.25) is 9.78 Å². The number of H-pyrrole nitrogens is 1. The first-order valence-corrected chi connectivity index (χ1v) is 9.44. The van der Waals surface area contributed by atoms with Gasteiger partial charge in [-0.1, -0.05) is 18.2 Å². The van der Waals surface area contributed by atoms with Gasteiger partial charge in [0, 0.05) is 23.1 Å². The number of nitrogens with zero attached hydrogens (tertiary/aromatic N) is 1. The number of anilines is 2. The van der Waals surface area contributed by atoms with Crippen LogP contribution >= 0.6 is 0 Å². The molecule has 7 heteroatoms. The highest BCUT2D eigenvalue weighted by atomic mass is 16.2. The lowest BCUT2D eigenvalue weighted by atomic mass is 10.0. The fourth-order valence-corrected chi connectivity index (χ4v) is 3.55. The minimum atomic E-state index is -0.557. The average Bonchev–Trinajstić information content (AvgIpc) is 3.07. The number of hydrogen-bond donors (Lipinski definition) is 4. The van der Waals surface area contributed by atoms with Crippen molar-refractivity contribution < 1.29 is 9.59 Å². The van der Waals surface area contributed by atoms with E-state index in [2.05, 4.69) is 20.6 Å². The van der Waals surface area contributed by atoms with Crippen molar-refractivity contribution in [2.45, 2.75) is 13.8 Å². The van der Waals surface area contributed by atoms with Crippen LogP contribution in [0.25, 0.3) is 22.2 Å². The highest BCUT2D eigenvalue weighted by molar-refractivity contribution is 6.08. The van der Waals surface area contributed by atoms with Crippen LogP contribution in [0.2, 0.25) is 0 Å². The zero-order chi connectivity index (χ0) is 21.3. The molecular formula is C23H21N5O2. The van der Waals surface area contributed by atoms with Crippen molar-refractivity contribution in [1.29, 1.82) is 0 Å². The second-order valence-electron chi connectivity index (χ2n) is 7.17. The van der Waals surface area contributed by atoms with Gasteiger partial charge in [-0.25, -0.2) is 4.79 Å². The van der Waals surface area contributed by atoms with Crippen LogP contribution in [0.1, 0.15) is 21.6 Å². The van der Waals surface area contributed by atoms with E-state index in [0.717, 1.165) is 27.9 Å². The maximum atomic E-state index is 12.3. The molecule has 0 radical (unpaired) electrons. The summed E-state index contributed by atoms with van der Waals surface area (Å²) < 4.78 is 0. The van der Waals surface area contributed by atoms with Crippen molar-refractivity contribution >= 4 is 34.3 Å². The number of carbonyl (C=O) groups excluding carboxylic acids is 2. The number of rotatable bonds is 4. The number of pyridine rings is 1. The van der Waals surface area contributed by atoms with Crippen molar-refractivity contribution in [1.82, 2.24) is 9.97 Å². The number of aromatic nitrogens is 2. The standard InChI is InChI=1S/C23H21N5O2/c1-13-10-14(2)12-17(11-13)27-23(30)26-16-7-5-15(6-8-16)19-20-18(4-3-9-25-20)28-21(19)22(24)29/h3-12,28H,1-2H3,(H2,24,29)(H2,26,27,30). The molecule has 0 saturated heterocycles. The first-order valence-electron chi connectivity index (χ1n) is 9.44. The average molecular weight is 399 g/mol. The van der Waals surface area contributed by atoms with Gasteiger partial charge in [-0.2, -0.15) is 0 Å². The molecule has 0 saturated carbocycles. The van der Waals surface area contributed by atoms with Crippen LogP contribution in [0.4, 0.5) is 16.2 Å². The van der Waals surface area contributed by atoms with Crippen LogP contribution in [0.3, 0.4) is 0 Å². The number of fused-ring (bicyclic) bond motifs is 1. The van der Waals surface area contributed by atoms with Crippen molar-refractivity contribution in [3.63, 3.8) is 0 Å². The molecular weight excluding hydrogens is 378 g/mol. The Bertz CT molecular complexity index is 1240. The van der Waals surface area contributed by atoms with E-state index in [4.69, 9.17) is 5.73 Å². The molecule has 30 heavy (non-hydrogen) atoms. The quantitative estimate of drug-likeness (QED) is 0.402. The number of nitrogens with one attached hydrogen (secondary N) is 3. The molecule has 2 heterocycles. The lowest BCUT2D eigenvalue weighted by Gasteiger charge is -2.10. The zero-order valence-corrected chi connectivity index (χ0v) is 16.6. The first kappa shape index (κ1) is 19.2. The van der Waals surface area contributed by atoms with E-state index in [-0.39, 0.29) is 6.03 Å². The number of aryl methyl sites for hydroxylation is 2. The van der Waals surface area contributed by atoms with Gasteiger partial charge >= 0.3 is 6.03 Å². The fourth-order valence-electron chi connectivity index (χ4n) is 3.55. The van der Waals surface area contributed by atoms with Crippen LogP contribution in [0.15, 0.2) is 60.8 Å². The third-order valence-electron chi connectivity index (χ3n) is 4.71. The van der Waals surface area contributed by atoms with Gasteiger partial charge in [0.2, 0.25) is 0 Å². The smallest absolute Gasteiger partial charge is 0.323 e. The number of hydrogen-bond acceptors (Lipinski definition) is 3. The monoisotopic (exact) mass is 399 g/mol. The molecule has 7 nitrogen and oxygen atoms in total. The highest BCUT2D eigenvalue weighted by Gasteiger charge is 2.18. The number of amides is 3. The number of nitrogens with two attached hydrogens (primary N) is 1. The van der Waals surface area contributed by atoms with Crippen LogP contribution in [-0.4, -0.2) is 21.9 Å². The Hall–Kier alpha value is -4.13. The van der Waals surface area contributed by atoms with Crippen LogP contribution in [0.5, 0.6) is 0 Å². The molecule has 0 fully saturated rings. The van der Waals surface area contributed by atoms with Gasteiger partial charge in [0.05, 0.1) is 11.0 Å². The van der Waals surface area contributed by atoms with Crippen molar-refractivity contribution in [3.8, 4) is 11.1 Å². The van der Waals surface area contributed by atoms with Gasteiger partial charge < -0.3 is 21.4 Å². The molecule has 0 aliphatic heterocycles. The first-order chi connectivity index (χ1) is 14.4. The second-order valence-corrected chi connectivity index (χ2v) is 7.17. The largest absolute Gasteiger partial charge is 0.364 e. The lowest BCUT2D eigenvalue weighted by molar-refractivity contribution is 0.0997. The van der Waals surface area contributed by atoms with E-state index in [1.807, 2.05) is 50.2 Å². The summed E-state index contributed by atoms with van der Waals surface area (Å²) in [6.07, 6.45) is 1.66. The molecule has 0 atom stereocenters. The number of aromatic amines is 1. The summed E-state index contributed by atoms with van der Waals surface area (Å²) in [5.74, 6) is -0.557. The zero-order valence-electron chi connectivity index (χ0n) is 16.6. The topological polar surface area (TPSA) is 113 Å². The molecule has 150 valence electrons. The molecule has 2 aromatic carbocycles. The summed E-state index contributed by atoms with van der Waals surface area (Å²) in [6.45, 7) is 3.96. The molecule has 2 aromatic heterocycles. The fraction of sp³-hybridized carbons (Fsp3) is 0.0870. The van der Waals surface area contributed by atoms with Crippen LogP contribution in [0, 0.1) is 13.8 Å². The van der Waals surface area contributed by atoms with E-state index in [1.165, 1.54) is 0 Å². The van der Waals surface area contributed by atoms with E-state index >= 15 is 0 Å². The minimum Gasteiger partial charge on any atom is -0.364 e. The van der Waals surface area contributed by atoms with Gasteiger partial charge in [0.15, 0.2) is 0 Å². The Balaban J connectivity index is 1.56. The summed E-state index contributed by atoms with van der Waals surface area (Å²) in [4.78, 5) is 31.6. The number of benzene rings is 2. The Morgan fingerprint density at radius 3 is 2.27 bits per heavy atom. The Morgan fingerprint density at radius 1 is 0.933 bits per heavy atom. The highest BCUT2D eigenvalue weighted by Crippen LogP contribution is 2.31. The summed E-state index contributed by atoms with van der Waals surface area (Å²) in [5.41, 5.74) is 12.2. The molecule has 0 aliphatic carbocycles. The maximum Gasteiger partial charge on any atom is 0.323 e. The van der Waals surface area contributed by atoms with Crippen molar-refractivity contribution in [2.75, 3.05) is 10.6 Å². The SMILES string of the molecule is Cc1cc(C)cc(NC(=O)Nc2ccc(-c3c(C(N)=O)[nH]c4cccnc34)cc2)c1. The molecule has 0 unspecified atom stereocenters. The Morgan fingerprint density at radius 2 is 1.60 bits per heavy atom. The molecule has 0 bridgehead atoms. The van der Waals surface area contributed by atoms with Crippen molar-refractivity contribution in [2.24, 2.45) is 5.73 Å². The number of urea groups is 1. The molecule has 4 aromatic rings. The molecule has 4 rings (SSSR count). The van der Waals surface area contributed by atoms with E-state index in [1.54, 1.807) is 24.4 Å².